The van der Waals surface area contributed by atoms with Crippen molar-refractivity contribution in [1.29, 1.82) is 0 Å². The molecular formula is C15H17NO5. The fourth-order valence-corrected chi connectivity index (χ4v) is 2.43. The molecule has 0 spiro atoms. The normalized spacial score (nSPS) is 15.5. The Morgan fingerprint density at radius 1 is 1.24 bits per heavy atom. The third kappa shape index (κ3) is 2.54. The topological polar surface area (TPSA) is 83.9 Å². The number of imide groups is 1. The first-order chi connectivity index (χ1) is 9.88. The minimum atomic E-state index is -1.13. The van der Waals surface area contributed by atoms with Crippen molar-refractivity contribution >= 4 is 17.8 Å². The van der Waals surface area contributed by atoms with E-state index in [1.165, 1.54) is 30.2 Å². The van der Waals surface area contributed by atoms with Gasteiger partial charge in [0.1, 0.15) is 0 Å². The maximum absolute atomic E-state index is 12.5. The van der Waals surface area contributed by atoms with Gasteiger partial charge in [0.15, 0.2) is 0 Å². The second kappa shape index (κ2) is 5.65. The molecule has 6 heteroatoms. The first-order valence-electron chi connectivity index (χ1n) is 6.62. The van der Waals surface area contributed by atoms with Crippen LogP contribution in [0.25, 0.3) is 0 Å². The number of methoxy groups -OCH3 is 1. The third-order valence-corrected chi connectivity index (χ3v) is 3.60. The molecule has 0 fully saturated rings. The molecule has 6 nitrogen and oxygen atoms in total. The molecule has 0 aromatic heterocycles. The summed E-state index contributed by atoms with van der Waals surface area (Å²) in [5.41, 5.74) is 0.373. The molecule has 1 aromatic carbocycles. The fourth-order valence-electron chi connectivity index (χ4n) is 2.43. The first kappa shape index (κ1) is 15.2. The molecule has 1 atom stereocenters. The predicted molar refractivity (Wildman–Crippen MR) is 74.4 cm³/mol. The molecule has 2 rings (SSSR count). The van der Waals surface area contributed by atoms with Gasteiger partial charge >= 0.3 is 5.97 Å². The number of carboxylic acid groups (broad SMARTS) is 1. The number of hydrogen-bond donors (Lipinski definition) is 1. The van der Waals surface area contributed by atoms with Gasteiger partial charge in [-0.25, -0.2) is 4.79 Å². The number of ether oxygens (including phenoxy) is 1. The molecule has 0 bridgehead atoms. The van der Waals surface area contributed by atoms with Gasteiger partial charge in [-0.05, 0) is 24.1 Å². The molecular weight excluding hydrogens is 274 g/mol. The van der Waals surface area contributed by atoms with E-state index < -0.39 is 17.8 Å². The maximum atomic E-state index is 12.5. The van der Waals surface area contributed by atoms with Crippen LogP contribution in [0.2, 0.25) is 0 Å². The van der Waals surface area contributed by atoms with Crippen LogP contribution in [0.15, 0.2) is 18.2 Å². The Labute approximate surface area is 122 Å². The van der Waals surface area contributed by atoms with E-state index in [1.807, 2.05) is 13.8 Å². The Balaban J connectivity index is 2.44. The summed E-state index contributed by atoms with van der Waals surface area (Å²) >= 11 is 0. The molecule has 0 saturated carbocycles. The molecule has 1 unspecified atom stereocenters. The van der Waals surface area contributed by atoms with E-state index in [0.29, 0.717) is 0 Å². The Bertz CT molecular complexity index is 608. The molecule has 1 aliphatic heterocycles. The van der Waals surface area contributed by atoms with Crippen molar-refractivity contribution in [1.82, 2.24) is 4.90 Å². The lowest BCUT2D eigenvalue weighted by atomic mass is 10.0. The number of rotatable bonds is 5. The summed E-state index contributed by atoms with van der Waals surface area (Å²) < 4.78 is 5.09. The van der Waals surface area contributed by atoms with Crippen LogP contribution in [-0.2, 0) is 4.74 Å². The molecule has 0 saturated heterocycles. The fraction of sp³-hybridized carbons (Fsp3) is 0.400. The summed E-state index contributed by atoms with van der Waals surface area (Å²) in [6, 6.07) is 3.60. The summed E-state index contributed by atoms with van der Waals surface area (Å²) in [6.45, 7) is 4.04. The lowest BCUT2D eigenvalue weighted by Gasteiger charge is -2.28. The molecule has 1 aliphatic rings. The van der Waals surface area contributed by atoms with Gasteiger partial charge in [0.25, 0.3) is 11.8 Å². The van der Waals surface area contributed by atoms with Crippen LogP contribution in [0.4, 0.5) is 0 Å². The SMILES string of the molecule is COCC(C(C)C)N1C(=O)c2ccc(C(=O)O)cc2C1=O. The minimum absolute atomic E-state index is 0.00964. The van der Waals surface area contributed by atoms with Gasteiger partial charge in [-0.15, -0.1) is 0 Å². The van der Waals surface area contributed by atoms with Crippen LogP contribution < -0.4 is 0 Å². The van der Waals surface area contributed by atoms with Crippen molar-refractivity contribution in [2.75, 3.05) is 13.7 Å². The molecule has 1 N–H and O–H groups in total. The number of amides is 2. The van der Waals surface area contributed by atoms with Crippen LogP contribution in [0.5, 0.6) is 0 Å². The van der Waals surface area contributed by atoms with Gasteiger partial charge in [-0.2, -0.15) is 0 Å². The monoisotopic (exact) mass is 291 g/mol. The average Bonchev–Trinajstić information content (AvgIpc) is 2.68. The van der Waals surface area contributed by atoms with Crippen LogP contribution in [0.1, 0.15) is 44.9 Å². The zero-order valence-electron chi connectivity index (χ0n) is 12.1. The predicted octanol–water partition coefficient (Wildman–Crippen LogP) is 1.65. The van der Waals surface area contributed by atoms with Gasteiger partial charge < -0.3 is 9.84 Å². The molecule has 0 aliphatic carbocycles. The highest BCUT2D eigenvalue weighted by Crippen LogP contribution is 2.28. The Morgan fingerprint density at radius 3 is 2.38 bits per heavy atom. The van der Waals surface area contributed by atoms with Crippen LogP contribution in [0, 0.1) is 5.92 Å². The smallest absolute Gasteiger partial charge is 0.335 e. The maximum Gasteiger partial charge on any atom is 0.335 e. The van der Waals surface area contributed by atoms with E-state index in [4.69, 9.17) is 9.84 Å². The molecule has 21 heavy (non-hydrogen) atoms. The van der Waals surface area contributed by atoms with E-state index in [9.17, 15) is 14.4 Å². The standard InChI is InChI=1S/C15H17NO5/c1-8(2)12(7-21-3)16-13(17)10-5-4-9(15(19)20)6-11(10)14(16)18/h4-6,8,12H,7H2,1-3H3,(H,19,20). The van der Waals surface area contributed by atoms with Crippen LogP contribution in [0.3, 0.4) is 0 Å². The molecule has 0 radical (unpaired) electrons. The van der Waals surface area contributed by atoms with E-state index in [-0.39, 0.29) is 35.3 Å². The molecule has 112 valence electrons. The number of aromatic carboxylic acids is 1. The highest BCUT2D eigenvalue weighted by atomic mass is 16.5. The minimum Gasteiger partial charge on any atom is -0.478 e. The first-order valence-corrected chi connectivity index (χ1v) is 6.62. The average molecular weight is 291 g/mol. The number of nitrogens with zero attached hydrogens (tertiary/aromatic N) is 1. The van der Waals surface area contributed by atoms with Crippen molar-refractivity contribution in [3.63, 3.8) is 0 Å². The Morgan fingerprint density at radius 2 is 1.86 bits per heavy atom. The van der Waals surface area contributed by atoms with E-state index in [0.717, 1.165) is 0 Å². The van der Waals surface area contributed by atoms with E-state index >= 15 is 0 Å². The lowest BCUT2D eigenvalue weighted by Crippen LogP contribution is -2.45. The largest absolute Gasteiger partial charge is 0.478 e. The number of carboxylic acids is 1. The van der Waals surface area contributed by atoms with Gasteiger partial charge in [0, 0.05) is 7.11 Å². The van der Waals surface area contributed by atoms with Crippen molar-refractivity contribution in [3.8, 4) is 0 Å². The lowest BCUT2D eigenvalue weighted by molar-refractivity contribution is 0.0394. The number of carbonyl (C=O) groups excluding carboxylic acids is 2. The van der Waals surface area contributed by atoms with Gasteiger partial charge in [0.05, 0.1) is 29.3 Å². The van der Waals surface area contributed by atoms with E-state index in [2.05, 4.69) is 0 Å². The Hall–Kier alpha value is -2.21. The molecule has 2 amide bonds. The van der Waals surface area contributed by atoms with Crippen molar-refractivity contribution in [2.24, 2.45) is 5.92 Å². The Kier molecular flexibility index (Phi) is 4.09. The van der Waals surface area contributed by atoms with Gasteiger partial charge in [0.2, 0.25) is 0 Å². The number of fused-ring (bicyclic) bond motifs is 1. The number of hydrogen-bond acceptors (Lipinski definition) is 4. The van der Waals surface area contributed by atoms with Crippen molar-refractivity contribution in [2.45, 2.75) is 19.9 Å². The van der Waals surface area contributed by atoms with Gasteiger partial charge in [-0.1, -0.05) is 13.8 Å². The van der Waals surface area contributed by atoms with E-state index in [1.54, 1.807) is 0 Å². The van der Waals surface area contributed by atoms with Crippen molar-refractivity contribution < 1.29 is 24.2 Å². The summed E-state index contributed by atoms with van der Waals surface area (Å²) in [7, 11) is 1.51. The zero-order chi connectivity index (χ0) is 15.7. The summed E-state index contributed by atoms with van der Waals surface area (Å²) in [4.78, 5) is 37.0. The van der Waals surface area contributed by atoms with Crippen LogP contribution >= 0.6 is 0 Å². The van der Waals surface area contributed by atoms with Crippen LogP contribution in [-0.4, -0.2) is 47.5 Å². The number of carbonyl (C=O) groups is 3. The number of benzene rings is 1. The summed E-state index contributed by atoms with van der Waals surface area (Å²) in [5.74, 6) is -1.96. The third-order valence-electron chi connectivity index (χ3n) is 3.60. The second-order valence-corrected chi connectivity index (χ2v) is 5.31. The quantitative estimate of drug-likeness (QED) is 0.834. The zero-order valence-corrected chi connectivity index (χ0v) is 12.1. The highest BCUT2D eigenvalue weighted by Gasteiger charge is 2.41. The highest BCUT2D eigenvalue weighted by molar-refractivity contribution is 6.22. The van der Waals surface area contributed by atoms with Crippen molar-refractivity contribution in [3.05, 3.63) is 34.9 Å². The summed E-state index contributed by atoms with van der Waals surface area (Å²) in [5, 5.41) is 8.99. The second-order valence-electron chi connectivity index (χ2n) is 5.31. The molecule has 1 aromatic rings. The summed E-state index contributed by atoms with van der Waals surface area (Å²) in [6.07, 6.45) is 0. The van der Waals surface area contributed by atoms with Gasteiger partial charge in [-0.3, -0.25) is 14.5 Å². The molecule has 1 heterocycles.